The largest absolute Gasteiger partial charge is 0.355 e. The zero-order valence-electron chi connectivity index (χ0n) is 27.8. The van der Waals surface area contributed by atoms with Crippen LogP contribution in [0.1, 0.15) is 66.5 Å². The molecule has 2 fully saturated rings. The SMILES string of the molecule is CC(=O)c1nn2c3c(cc(-c4cnc(C)nc4)cc13)C/C=C\CCCC(=O)NC[C@@]13C[C@@H](C(=O)NCc4cccc(Cl)c4F)N(C(=O)C2)[C@@H]1C3. The van der Waals surface area contributed by atoms with Crippen LogP contribution >= 0.6 is 11.6 Å². The Labute approximate surface area is 293 Å². The lowest BCUT2D eigenvalue weighted by Crippen LogP contribution is -2.48. The number of ketones is 1. The van der Waals surface area contributed by atoms with E-state index >= 15 is 0 Å². The second-order valence-corrected chi connectivity index (χ2v) is 13.9. The highest BCUT2D eigenvalue weighted by Gasteiger charge is 2.67. The lowest BCUT2D eigenvalue weighted by Gasteiger charge is -2.27. The maximum Gasteiger partial charge on any atom is 0.245 e. The minimum absolute atomic E-state index is 0.0458. The van der Waals surface area contributed by atoms with Crippen LogP contribution in [0.2, 0.25) is 5.02 Å². The molecule has 4 aromatic rings. The van der Waals surface area contributed by atoms with Crippen LogP contribution in [-0.2, 0) is 33.9 Å². The minimum atomic E-state index is -0.844. The zero-order valence-corrected chi connectivity index (χ0v) is 28.6. The fourth-order valence-electron chi connectivity index (χ4n) is 7.38. The molecule has 2 aromatic heterocycles. The third-order valence-corrected chi connectivity index (χ3v) is 10.4. The molecule has 1 saturated carbocycles. The van der Waals surface area contributed by atoms with Crippen molar-refractivity contribution in [1.82, 2.24) is 35.3 Å². The third kappa shape index (κ3) is 6.39. The average Bonchev–Trinajstić information content (AvgIpc) is 3.50. The van der Waals surface area contributed by atoms with Crippen LogP contribution in [-0.4, -0.2) is 66.8 Å². The number of aryl methyl sites for hydroxylation is 1. The maximum atomic E-state index is 14.6. The lowest BCUT2D eigenvalue weighted by atomic mass is 9.98. The Morgan fingerprint density at radius 2 is 1.92 bits per heavy atom. The molecule has 2 aromatic carbocycles. The van der Waals surface area contributed by atoms with E-state index in [2.05, 4.69) is 25.7 Å². The van der Waals surface area contributed by atoms with Crippen molar-refractivity contribution in [1.29, 1.82) is 0 Å². The number of aromatic nitrogens is 4. The maximum absolute atomic E-state index is 14.6. The van der Waals surface area contributed by atoms with Crippen molar-refractivity contribution >= 4 is 46.0 Å². The molecule has 0 unspecified atom stereocenters. The lowest BCUT2D eigenvalue weighted by molar-refractivity contribution is -0.140. The number of carbonyl (C=O) groups excluding carboxylic acids is 4. The van der Waals surface area contributed by atoms with Crippen molar-refractivity contribution in [3.05, 3.63) is 88.4 Å². The van der Waals surface area contributed by atoms with Crippen LogP contribution in [0.3, 0.4) is 0 Å². The van der Waals surface area contributed by atoms with Gasteiger partial charge in [0.1, 0.15) is 29.9 Å². The van der Waals surface area contributed by atoms with E-state index in [-0.39, 0.29) is 53.0 Å². The van der Waals surface area contributed by atoms with Crippen molar-refractivity contribution in [2.45, 2.75) is 77.5 Å². The average molecular weight is 698 g/mol. The van der Waals surface area contributed by atoms with Gasteiger partial charge >= 0.3 is 0 Å². The quantitative estimate of drug-likeness (QED) is 0.224. The number of benzene rings is 2. The van der Waals surface area contributed by atoms with Gasteiger partial charge in [0.05, 0.1) is 10.5 Å². The van der Waals surface area contributed by atoms with Crippen molar-refractivity contribution < 1.29 is 23.6 Å². The molecule has 50 heavy (non-hydrogen) atoms. The summed E-state index contributed by atoms with van der Waals surface area (Å²) in [5.74, 6) is -1.05. The summed E-state index contributed by atoms with van der Waals surface area (Å²) in [6.07, 6.45) is 10.7. The number of amides is 3. The van der Waals surface area contributed by atoms with E-state index in [9.17, 15) is 23.6 Å². The first-order valence-corrected chi connectivity index (χ1v) is 17.2. The standard InChI is InChI=1S/C37H37ClFN7O4/c1-21(47)34-27-13-25(26-17-40-22(2)41-18-26)12-23-8-5-3-4-6-11-31(48)43-20-37-14-29(36(50)42-16-24-9-7-10-28(38)33(24)39)46(30(37)15-37)32(49)19-45(44-34)35(23)27/h3,5,7,9-10,12-13,17-18,29-30H,4,6,8,11,14-16,19-20H2,1-2H3,(H,42,50)(H,43,48)/b5-3-/t29-,30+,37-/m0/s1. The number of hydrogen-bond acceptors (Lipinski definition) is 7. The summed E-state index contributed by atoms with van der Waals surface area (Å²) in [5.41, 5.74) is 3.12. The van der Waals surface area contributed by atoms with E-state index in [4.69, 9.17) is 11.6 Å². The van der Waals surface area contributed by atoms with Crippen molar-refractivity contribution in [2.75, 3.05) is 6.54 Å². The summed E-state index contributed by atoms with van der Waals surface area (Å²) in [7, 11) is 0. The highest BCUT2D eigenvalue weighted by molar-refractivity contribution is 6.30. The first kappa shape index (κ1) is 33.5. The van der Waals surface area contributed by atoms with Crippen LogP contribution in [0.25, 0.3) is 22.0 Å². The first-order chi connectivity index (χ1) is 24.0. The predicted octanol–water partition coefficient (Wildman–Crippen LogP) is 4.87. The zero-order chi connectivity index (χ0) is 35.2. The van der Waals surface area contributed by atoms with Gasteiger partial charge in [0.15, 0.2) is 5.78 Å². The molecule has 2 bridgehead atoms. The molecular weight excluding hydrogens is 661 g/mol. The molecule has 1 aliphatic carbocycles. The number of nitrogens with one attached hydrogen (secondary N) is 2. The van der Waals surface area contributed by atoms with Gasteiger partial charge in [-0.1, -0.05) is 35.9 Å². The molecule has 0 spiro atoms. The van der Waals surface area contributed by atoms with Gasteiger partial charge in [-0.3, -0.25) is 23.9 Å². The molecular formula is C37H37ClFN7O4. The number of halogens is 2. The summed E-state index contributed by atoms with van der Waals surface area (Å²) < 4.78 is 16.2. The number of carbonyl (C=O) groups is 4. The molecule has 2 N–H and O–H groups in total. The number of Topliss-reactive ketones (excluding diaryl/α,β-unsaturated/α-hetero) is 1. The van der Waals surface area contributed by atoms with Crippen molar-refractivity contribution in [3.63, 3.8) is 0 Å². The number of allylic oxidation sites excluding steroid dienone is 2. The normalized spacial score (nSPS) is 22.8. The first-order valence-electron chi connectivity index (χ1n) is 16.8. The summed E-state index contributed by atoms with van der Waals surface area (Å²) in [6, 6.07) is 7.36. The molecule has 3 amide bonds. The van der Waals surface area contributed by atoms with Crippen LogP contribution in [0.4, 0.5) is 4.39 Å². The van der Waals surface area contributed by atoms with E-state index in [0.717, 1.165) is 16.7 Å². The van der Waals surface area contributed by atoms with E-state index in [1.807, 2.05) is 31.2 Å². The summed E-state index contributed by atoms with van der Waals surface area (Å²) in [4.78, 5) is 64.2. The molecule has 13 heteroatoms. The molecule has 2 aliphatic heterocycles. The van der Waals surface area contributed by atoms with Gasteiger partial charge in [0.25, 0.3) is 0 Å². The highest BCUT2D eigenvalue weighted by Crippen LogP contribution is 2.59. The van der Waals surface area contributed by atoms with Gasteiger partial charge in [-0.2, -0.15) is 5.10 Å². The molecule has 1 saturated heterocycles. The molecule has 258 valence electrons. The molecule has 0 radical (unpaired) electrons. The van der Waals surface area contributed by atoms with E-state index < -0.39 is 23.2 Å². The summed E-state index contributed by atoms with van der Waals surface area (Å²) >= 11 is 5.95. The van der Waals surface area contributed by atoms with Gasteiger partial charge in [-0.25, -0.2) is 14.4 Å². The van der Waals surface area contributed by atoms with Crippen molar-refractivity contribution in [2.24, 2.45) is 5.41 Å². The smallest absolute Gasteiger partial charge is 0.245 e. The van der Waals surface area contributed by atoms with Crippen LogP contribution in [0.5, 0.6) is 0 Å². The fourth-order valence-corrected chi connectivity index (χ4v) is 7.57. The molecule has 11 nitrogen and oxygen atoms in total. The number of nitrogens with zero attached hydrogens (tertiary/aromatic N) is 5. The summed E-state index contributed by atoms with van der Waals surface area (Å²) in [5, 5.41) is 11.1. The van der Waals surface area contributed by atoms with Gasteiger partial charge in [0.2, 0.25) is 17.7 Å². The summed E-state index contributed by atoms with van der Waals surface area (Å²) in [6.45, 7) is 3.29. The van der Waals surface area contributed by atoms with Crippen molar-refractivity contribution in [3.8, 4) is 11.1 Å². The Kier molecular flexibility index (Phi) is 8.98. The van der Waals surface area contributed by atoms with Gasteiger partial charge < -0.3 is 15.5 Å². The second kappa shape index (κ2) is 13.4. The van der Waals surface area contributed by atoms with E-state index in [1.54, 1.807) is 34.1 Å². The van der Waals surface area contributed by atoms with E-state index in [0.29, 0.717) is 61.8 Å². The molecule has 7 rings (SSSR count). The Hall–Kier alpha value is -4.97. The number of hydrogen-bond donors (Lipinski definition) is 2. The Balaban J connectivity index is 1.27. The highest BCUT2D eigenvalue weighted by atomic mass is 35.5. The minimum Gasteiger partial charge on any atom is -0.355 e. The molecule has 4 heterocycles. The monoisotopic (exact) mass is 697 g/mol. The topological polar surface area (TPSA) is 139 Å². The Bertz CT molecular complexity index is 2060. The van der Waals surface area contributed by atoms with Crippen LogP contribution in [0, 0.1) is 18.2 Å². The van der Waals surface area contributed by atoms with Gasteiger partial charge in [0, 0.05) is 66.8 Å². The fraction of sp³-hybridized carbons (Fsp3) is 0.378. The Morgan fingerprint density at radius 1 is 1.12 bits per heavy atom. The predicted molar refractivity (Wildman–Crippen MR) is 185 cm³/mol. The Morgan fingerprint density at radius 3 is 2.70 bits per heavy atom. The van der Waals surface area contributed by atoms with Crippen LogP contribution in [0.15, 0.2) is 54.9 Å². The van der Waals surface area contributed by atoms with Gasteiger partial charge in [-0.05, 0) is 68.4 Å². The van der Waals surface area contributed by atoms with Crippen LogP contribution < -0.4 is 10.6 Å². The third-order valence-electron chi connectivity index (χ3n) is 10.1. The van der Waals surface area contributed by atoms with E-state index in [1.165, 1.54) is 13.0 Å². The second-order valence-electron chi connectivity index (χ2n) is 13.5. The van der Waals surface area contributed by atoms with Gasteiger partial charge in [-0.15, -0.1) is 0 Å². The molecule has 3 aliphatic rings. The molecule has 3 atom stereocenters. The number of piperidine rings is 1. The number of rotatable bonds is 5.